The number of likely N-dealkylation sites (tertiary alicyclic amines) is 4. The number of carboxylic acid groups (broad SMARTS) is 1. The molecule has 5 fully saturated rings. The van der Waals surface area contributed by atoms with Crippen molar-refractivity contribution in [2.45, 2.75) is 149 Å². The van der Waals surface area contributed by atoms with Crippen LogP contribution in [0.1, 0.15) is 156 Å². The van der Waals surface area contributed by atoms with Crippen LogP contribution in [0.25, 0.3) is 16.6 Å². The monoisotopic (exact) mass is 2070 g/mol. The van der Waals surface area contributed by atoms with Crippen LogP contribution in [0.5, 0.6) is 40.2 Å². The zero-order chi connectivity index (χ0) is 89.1. The molecule has 5 unspecified atom stereocenters. The Hall–Kier alpha value is -7.23. The molecule has 710 valence electrons. The summed E-state index contributed by atoms with van der Waals surface area (Å²) in [5.41, 5.74) is 15.2. The number of halogens is 5. The van der Waals surface area contributed by atoms with E-state index in [4.69, 9.17) is 60.3 Å². The van der Waals surface area contributed by atoms with E-state index in [0.717, 1.165) is 148 Å². The fourth-order valence-electron chi connectivity index (χ4n) is 13.5. The van der Waals surface area contributed by atoms with Crippen molar-refractivity contribution in [2.75, 3.05) is 179 Å². The quantitative estimate of drug-likeness (QED) is 0.00598. The molecule has 28 nitrogen and oxygen atoms in total. The number of aliphatic hydroxyl groups excluding tert-OH is 3. The lowest BCUT2D eigenvalue weighted by Crippen LogP contribution is -2.23. The van der Waals surface area contributed by atoms with Crippen LogP contribution in [-0.4, -0.2) is 233 Å². The number of anilines is 2. The van der Waals surface area contributed by atoms with E-state index in [1.54, 1.807) is 49.1 Å². The second kappa shape index (κ2) is 69.8. The topological polar surface area (TPSA) is 361 Å². The number of alkyl halides is 3. The number of hydrogen-bond acceptors (Lipinski definition) is 24. The van der Waals surface area contributed by atoms with Crippen LogP contribution in [-0.2, 0) is 0 Å². The Labute approximate surface area is 786 Å². The van der Waals surface area contributed by atoms with Gasteiger partial charge in [-0.15, -0.1) is 12.4 Å². The van der Waals surface area contributed by atoms with Gasteiger partial charge < -0.3 is 90.0 Å². The highest BCUT2D eigenvalue weighted by Crippen LogP contribution is 2.33. The Balaban J connectivity index is -0.00000142. The fourth-order valence-corrected chi connectivity index (χ4v) is 13.7. The van der Waals surface area contributed by atoms with Crippen molar-refractivity contribution >= 4 is 113 Å². The number of rotatable bonds is 28. The van der Waals surface area contributed by atoms with Crippen LogP contribution in [0.2, 0.25) is 0 Å². The van der Waals surface area contributed by atoms with E-state index < -0.39 is 21.6 Å². The minimum Gasteiger partial charge on any atom is -0.494 e. The number of aromatic nitrogens is 2. The van der Waals surface area contributed by atoms with Crippen LogP contribution >= 0.6 is 73.5 Å². The number of nitrogens with one attached hydrogen (secondary N) is 1. The van der Waals surface area contributed by atoms with E-state index in [9.17, 15) is 34.2 Å². The lowest BCUT2D eigenvalue weighted by atomic mass is 10.1. The standard InChI is InChI=1S/C25H31N3O3.C15H22N2O4.C15H24N2O2.C8H9NO2.C8H17NO.C7H6FNO3.C5H11N.C3H7BrO.CH2I2.CH4O.4CH4.ClH/c1-17-6-8-22-21(14-17)25(29)28(19(3)26-22)23-9-7-20(15-24(23)30-4)31-13-5-11-27-12-10-18(2)16-27;1-12-6-8-16(11-12)7-3-9-21-13-4-5-14(17(18)19)15(10-13)20-2;1-12-6-8-17(11-12)7-3-9-19-13-4-5-14(16)15(10-13)18-2;1-5-2-3-7(9)6(4-5)8(10)11;1-8-3-5-9(7-8)4-2-6-10;1-12-7-4-5(8)2-3-6(7)9(10)11;1-5-2-3-6-4-5;4-2-1-3-5;2-1-3;1-2;;;;;/h6-9,14-15,18H,5,10-13,16H2,1-4H3;4-5,10,12H,3,6-9,11H2,1-2H3;4-5,10,12H,3,6-9,11,16H2,1-2H3;2-4H,9H2,1H3,(H,10,11);8,10H,2-7H2,1H3;2-4H,1H3;5-6H,2-4H2,1H3;5H,1-3H2;1H2;2H,1H3;4*1H4;1H. The molecule has 7 aromatic rings. The van der Waals surface area contributed by atoms with E-state index >= 15 is 0 Å². The minimum absolute atomic E-state index is 0. The molecule has 0 spiro atoms. The molecular weight excluding hydrogens is 1920 g/mol. The number of aliphatic hydroxyl groups is 3. The number of nitro benzene ring substituents is 2. The maximum atomic E-state index is 13.2. The third-order valence-electron chi connectivity index (χ3n) is 19.8. The number of carbonyl (C=O) groups is 1. The maximum Gasteiger partial charge on any atom is 0.337 e. The van der Waals surface area contributed by atoms with Gasteiger partial charge in [-0.1, -0.05) is 149 Å². The number of carboxylic acids is 1. The average molecular weight is 2070 g/mol. The SMILES string of the molecule is C.C.C.C.CC1CCN(CCCO)C1.CC1CCNC1.CO.COc1cc(F)ccc1[N+](=O)[O-].COc1cc(OCCCN2CCC(C)C2)ccc1-n1c(C)nc2ccc(C)cc2c1=O.COc1cc(OCCCN2CCC(C)C2)ccc1N.COc1cc(OCCCN2CCC(C)C2)ccc1[N+](=O)[O-].Cc1ccc(N)c(C(=O)O)c1.Cl.ICI.OCCCBr. The Morgan fingerprint density at radius 1 is 0.552 bits per heavy atom. The number of fused-ring (bicyclic) bond motifs is 1. The van der Waals surface area contributed by atoms with Gasteiger partial charge in [-0.05, 0) is 215 Å². The van der Waals surface area contributed by atoms with Crippen LogP contribution in [0.3, 0.4) is 0 Å². The first-order valence-electron chi connectivity index (χ1n) is 40.9. The highest BCUT2D eigenvalue weighted by molar-refractivity contribution is 14.2. The maximum absolute atomic E-state index is 13.2. The molecule has 125 heavy (non-hydrogen) atoms. The van der Waals surface area contributed by atoms with Gasteiger partial charge in [-0.25, -0.2) is 14.2 Å². The summed E-state index contributed by atoms with van der Waals surface area (Å²) in [5, 5.41) is 58.1. The molecule has 12 rings (SSSR count). The predicted octanol–water partition coefficient (Wildman–Crippen LogP) is 18.7. The van der Waals surface area contributed by atoms with Gasteiger partial charge in [-0.3, -0.25) is 29.6 Å². The summed E-state index contributed by atoms with van der Waals surface area (Å²) in [6.07, 6.45) is 11.4. The summed E-state index contributed by atoms with van der Waals surface area (Å²) in [7, 11) is 6.89. The third kappa shape index (κ3) is 47.1. The zero-order valence-corrected chi connectivity index (χ0v) is 79.7. The minimum atomic E-state index is -0.980. The number of benzene rings is 6. The van der Waals surface area contributed by atoms with Crippen LogP contribution in [0.15, 0.2) is 114 Å². The lowest BCUT2D eigenvalue weighted by Gasteiger charge is -2.17. The molecule has 9 N–H and O–H groups in total. The van der Waals surface area contributed by atoms with Gasteiger partial charge in [0.2, 0.25) is 5.75 Å². The number of nitrogen functional groups attached to an aromatic ring is 2. The van der Waals surface area contributed by atoms with Crippen LogP contribution in [0, 0.1) is 76.4 Å². The smallest absolute Gasteiger partial charge is 0.337 e. The summed E-state index contributed by atoms with van der Waals surface area (Å²) in [6, 6.07) is 29.5. The van der Waals surface area contributed by atoms with Crippen molar-refractivity contribution in [3.8, 4) is 45.9 Å². The van der Waals surface area contributed by atoms with Gasteiger partial charge in [0.25, 0.3) is 5.56 Å². The molecule has 5 aliphatic rings. The molecule has 0 radical (unpaired) electrons. The summed E-state index contributed by atoms with van der Waals surface area (Å²) in [6.45, 7) is 36.2. The van der Waals surface area contributed by atoms with E-state index in [2.05, 4.69) is 130 Å². The van der Waals surface area contributed by atoms with E-state index in [-0.39, 0.29) is 76.1 Å². The fraction of sp³-hybridized carbons (Fsp3) is 0.576. The van der Waals surface area contributed by atoms with Crippen molar-refractivity contribution in [1.82, 2.24) is 34.5 Å². The zero-order valence-electron chi connectivity index (χ0n) is 72.9. The van der Waals surface area contributed by atoms with Crippen molar-refractivity contribution in [3.63, 3.8) is 0 Å². The Kier molecular flexibility index (Phi) is 68.0. The largest absolute Gasteiger partial charge is 0.494 e. The van der Waals surface area contributed by atoms with Gasteiger partial charge in [0.05, 0.1) is 88.4 Å². The van der Waals surface area contributed by atoms with Gasteiger partial charge in [-0.2, -0.15) is 0 Å². The van der Waals surface area contributed by atoms with Gasteiger partial charge in [0, 0.05) is 120 Å². The van der Waals surface area contributed by atoms with Crippen LogP contribution in [0.4, 0.5) is 27.1 Å². The van der Waals surface area contributed by atoms with Gasteiger partial charge in [0.1, 0.15) is 40.4 Å². The second-order valence-corrected chi connectivity index (χ2v) is 35.3. The average Bonchev–Trinajstić information content (AvgIpc) is 1.73. The molecule has 6 heterocycles. The molecule has 5 aliphatic heterocycles. The molecule has 0 amide bonds. The number of nitrogens with zero attached hydrogens (tertiary/aromatic N) is 8. The number of nitro groups is 2. The van der Waals surface area contributed by atoms with Gasteiger partial charge in [0.15, 0.2) is 5.75 Å². The van der Waals surface area contributed by atoms with Crippen molar-refractivity contribution < 1.29 is 72.6 Å². The number of hydrogen-bond donors (Lipinski definition) is 7. The number of aryl methyl sites for hydroxylation is 3. The van der Waals surface area contributed by atoms with Crippen molar-refractivity contribution in [1.29, 1.82) is 0 Å². The molecular formula is C92H150BrClFI2N11O17. The predicted molar refractivity (Wildman–Crippen MR) is 533 cm³/mol. The number of aromatic carboxylic acids is 1. The van der Waals surface area contributed by atoms with E-state index in [1.165, 1.54) is 120 Å². The van der Waals surface area contributed by atoms with Crippen molar-refractivity contribution in [3.05, 3.63) is 168 Å². The highest BCUT2D eigenvalue weighted by atomic mass is 127. The molecule has 6 aromatic carbocycles. The Morgan fingerprint density at radius 3 is 1.31 bits per heavy atom. The second-order valence-electron chi connectivity index (χ2n) is 30.0. The number of ether oxygens (including phenoxy) is 7. The summed E-state index contributed by atoms with van der Waals surface area (Å²) >= 11 is 7.70. The van der Waals surface area contributed by atoms with Crippen LogP contribution < -0.4 is 55.5 Å². The number of methoxy groups -OCH3 is 4. The van der Waals surface area contributed by atoms with E-state index in [1.807, 2.05) is 75.4 Å². The molecule has 1 aromatic heterocycles. The van der Waals surface area contributed by atoms with Gasteiger partial charge >= 0.3 is 17.3 Å². The normalized spacial score (nSPS) is 16.4. The first-order chi connectivity index (χ1) is 57.5. The van der Waals surface area contributed by atoms with Crippen molar-refractivity contribution in [2.24, 2.45) is 29.6 Å². The summed E-state index contributed by atoms with van der Waals surface area (Å²) in [5.74, 6) is 6.92. The first-order valence-corrected chi connectivity index (χ1v) is 45.1. The summed E-state index contributed by atoms with van der Waals surface area (Å²) in [4.78, 5) is 58.3. The molecule has 33 heteroatoms. The Bertz CT molecular complexity index is 4170. The highest BCUT2D eigenvalue weighted by Gasteiger charge is 2.23. The first kappa shape index (κ1) is 122. The molecule has 5 atom stereocenters. The Morgan fingerprint density at radius 2 is 0.944 bits per heavy atom. The number of nitrogens with two attached hydrogens (primary N) is 2. The molecule has 5 saturated heterocycles. The lowest BCUT2D eigenvalue weighted by molar-refractivity contribution is -0.385. The summed E-state index contributed by atoms with van der Waals surface area (Å²) < 4.78 is 53.0. The molecule has 0 saturated carbocycles. The third-order valence-corrected chi connectivity index (χ3v) is 20.4. The molecule has 0 aliphatic carbocycles. The molecule has 0 bridgehead atoms. The van der Waals surface area contributed by atoms with E-state index in [0.29, 0.717) is 77.5 Å².